The molecular formula is C52H53IrN3O-2. The predicted molar refractivity (Wildman–Crippen MR) is 234 cm³/mol. The fourth-order valence-corrected chi connectivity index (χ4v) is 7.85. The van der Waals surface area contributed by atoms with Gasteiger partial charge in [0, 0.05) is 43.8 Å². The summed E-state index contributed by atoms with van der Waals surface area (Å²) in [5, 5.41) is 1.05. The molecular weight excluding hydrogens is 875 g/mol. The summed E-state index contributed by atoms with van der Waals surface area (Å²) in [6.45, 7) is 20.2. The van der Waals surface area contributed by atoms with Crippen molar-refractivity contribution in [2.75, 3.05) is 0 Å². The van der Waals surface area contributed by atoms with Gasteiger partial charge in [-0.1, -0.05) is 132 Å². The Hall–Kier alpha value is -5.09. The molecule has 4 nitrogen and oxygen atoms in total. The van der Waals surface area contributed by atoms with Crippen LogP contribution in [0.5, 0.6) is 0 Å². The molecule has 8 aromatic rings. The number of nitrogens with zero attached hydrogens (tertiary/aromatic N) is 3. The maximum atomic E-state index is 5.90. The minimum Gasteiger partial charge on any atom is -0.557 e. The van der Waals surface area contributed by atoms with Crippen LogP contribution in [0.15, 0.2) is 126 Å². The first-order chi connectivity index (χ1) is 26.9. The molecule has 0 amide bonds. The third-order valence-corrected chi connectivity index (χ3v) is 10.3. The van der Waals surface area contributed by atoms with Crippen molar-refractivity contribution in [1.29, 1.82) is 0 Å². The van der Waals surface area contributed by atoms with Crippen LogP contribution in [0.25, 0.3) is 61.5 Å². The van der Waals surface area contributed by atoms with E-state index in [4.69, 9.17) is 9.40 Å². The summed E-state index contributed by atoms with van der Waals surface area (Å²) >= 11 is 0. The molecule has 0 aliphatic rings. The molecule has 8 rings (SSSR count). The van der Waals surface area contributed by atoms with Gasteiger partial charge in [0.2, 0.25) is 0 Å². The smallest absolute Gasteiger partial charge is 0.0774 e. The average Bonchev–Trinajstić information content (AvgIpc) is 3.76. The molecule has 0 atom stereocenters. The first-order valence-electron chi connectivity index (χ1n) is 19.9. The number of benzene rings is 5. The normalized spacial score (nSPS) is 11.6. The zero-order valence-electron chi connectivity index (χ0n) is 34.7. The summed E-state index contributed by atoms with van der Waals surface area (Å²) in [7, 11) is 0. The first kappa shape index (κ1) is 41.5. The van der Waals surface area contributed by atoms with Crippen LogP contribution in [0.1, 0.15) is 76.3 Å². The van der Waals surface area contributed by atoms with E-state index < -0.39 is 0 Å². The van der Waals surface area contributed by atoms with Gasteiger partial charge in [-0.15, -0.1) is 35.9 Å². The number of fused-ring (bicyclic) bond motifs is 2. The monoisotopic (exact) mass is 928 g/mol. The fourth-order valence-electron chi connectivity index (χ4n) is 7.85. The molecule has 1 radical (unpaired) electrons. The van der Waals surface area contributed by atoms with Crippen molar-refractivity contribution in [2.45, 2.75) is 80.6 Å². The van der Waals surface area contributed by atoms with Crippen molar-refractivity contribution in [3.8, 4) is 39.5 Å². The topological polar surface area (TPSA) is 43.9 Å². The number of para-hydroxylation sites is 2. The van der Waals surface area contributed by atoms with Crippen LogP contribution >= 0.6 is 0 Å². The molecule has 57 heavy (non-hydrogen) atoms. The molecule has 5 aromatic carbocycles. The van der Waals surface area contributed by atoms with Gasteiger partial charge in [-0.25, -0.2) is 0 Å². The molecule has 3 heterocycles. The van der Waals surface area contributed by atoms with E-state index in [-0.39, 0.29) is 25.5 Å². The molecule has 0 saturated heterocycles. The summed E-state index contributed by atoms with van der Waals surface area (Å²) < 4.78 is 8.15. The van der Waals surface area contributed by atoms with Crippen LogP contribution in [0.3, 0.4) is 0 Å². The van der Waals surface area contributed by atoms with Gasteiger partial charge in [-0.05, 0) is 107 Å². The van der Waals surface area contributed by atoms with E-state index in [9.17, 15) is 0 Å². The van der Waals surface area contributed by atoms with Gasteiger partial charge in [-0.2, -0.15) is 0 Å². The Bertz CT molecular complexity index is 2570. The van der Waals surface area contributed by atoms with Gasteiger partial charge >= 0.3 is 0 Å². The zero-order chi connectivity index (χ0) is 39.6. The third kappa shape index (κ3) is 9.22. The molecule has 0 saturated carbocycles. The van der Waals surface area contributed by atoms with Crippen LogP contribution in [-0.4, -0.2) is 14.5 Å². The van der Waals surface area contributed by atoms with Crippen molar-refractivity contribution >= 4 is 22.0 Å². The van der Waals surface area contributed by atoms with Crippen molar-refractivity contribution < 1.29 is 24.5 Å². The molecule has 0 aliphatic carbocycles. The SMILES string of the molecule is CC(C)Cc1cc(-c2[c-]cccc2)ncc1C(C)(C)C.Cc1cc(-n2c(-c3[c-]oc4ccc(CC(C)C)cc34)nc3ccccc32)cc(C)c1-c1ccccc1.[Ir]. The molecule has 293 valence electrons. The number of rotatable bonds is 8. The van der Waals surface area contributed by atoms with Gasteiger partial charge in [0.25, 0.3) is 0 Å². The second kappa shape index (κ2) is 17.6. The maximum absolute atomic E-state index is 5.90. The third-order valence-electron chi connectivity index (χ3n) is 10.3. The predicted octanol–water partition coefficient (Wildman–Crippen LogP) is 13.8. The van der Waals surface area contributed by atoms with Crippen LogP contribution in [0.2, 0.25) is 0 Å². The minimum atomic E-state index is 0. The summed E-state index contributed by atoms with van der Waals surface area (Å²) in [6, 6.07) is 43.4. The molecule has 0 fully saturated rings. The number of pyridine rings is 1. The van der Waals surface area contributed by atoms with Crippen molar-refractivity contribution in [1.82, 2.24) is 14.5 Å². The Balaban J connectivity index is 0.000000223. The van der Waals surface area contributed by atoms with E-state index in [0.717, 1.165) is 63.2 Å². The van der Waals surface area contributed by atoms with E-state index in [0.29, 0.717) is 11.8 Å². The van der Waals surface area contributed by atoms with Crippen molar-refractivity contribution in [2.24, 2.45) is 11.8 Å². The number of aromatic nitrogens is 3. The molecule has 3 aromatic heterocycles. The van der Waals surface area contributed by atoms with Crippen LogP contribution in [0.4, 0.5) is 0 Å². The maximum Gasteiger partial charge on any atom is 0.0774 e. The van der Waals surface area contributed by atoms with Crippen LogP contribution in [0, 0.1) is 38.0 Å². The molecule has 5 heteroatoms. The molecule has 0 N–H and O–H groups in total. The Morgan fingerprint density at radius 2 is 1.44 bits per heavy atom. The van der Waals surface area contributed by atoms with Crippen LogP contribution < -0.4 is 0 Å². The standard InChI is InChI=1S/C33H29N2O.C19H24N.Ir/c1-21(2)16-24-14-15-31-27(19-24)28(20-36-31)33-34-29-12-8-9-13-30(29)35(33)26-17-22(3)32(23(4)18-26)25-10-6-5-7-11-25;1-14(2)11-16-12-18(15-9-7-6-8-10-15)20-13-17(16)19(3,4)5;/h5-15,17-19,21H,16H2,1-4H3;6-9,12-14H,11H2,1-5H3;/q2*-1;. The second-order valence-corrected chi connectivity index (χ2v) is 16.9. The van der Waals surface area contributed by atoms with Crippen LogP contribution in [-0.2, 0) is 38.4 Å². The van der Waals surface area contributed by atoms with E-state index in [1.807, 2.05) is 30.5 Å². The van der Waals surface area contributed by atoms with Crippen molar-refractivity contribution in [3.63, 3.8) is 0 Å². The van der Waals surface area contributed by atoms with E-state index in [2.05, 4.69) is 175 Å². The summed E-state index contributed by atoms with van der Waals surface area (Å²) in [4.78, 5) is 9.74. The molecule has 0 unspecified atom stereocenters. The number of aryl methyl sites for hydroxylation is 2. The Morgan fingerprint density at radius 1 is 0.754 bits per heavy atom. The molecule has 0 bridgehead atoms. The Morgan fingerprint density at radius 3 is 2.11 bits per heavy atom. The first-order valence-corrected chi connectivity index (χ1v) is 19.9. The number of furan rings is 1. The van der Waals surface area contributed by atoms with E-state index >= 15 is 0 Å². The second-order valence-electron chi connectivity index (χ2n) is 16.9. The zero-order valence-corrected chi connectivity index (χ0v) is 37.1. The molecule has 0 spiro atoms. The van der Waals surface area contributed by atoms with Gasteiger partial charge < -0.3 is 14.0 Å². The summed E-state index contributed by atoms with van der Waals surface area (Å²) in [5.74, 6) is 2.08. The van der Waals surface area contributed by atoms with Gasteiger partial charge in [0.05, 0.1) is 16.9 Å². The largest absolute Gasteiger partial charge is 0.557 e. The van der Waals surface area contributed by atoms with Gasteiger partial charge in [-0.3, -0.25) is 4.98 Å². The van der Waals surface area contributed by atoms with E-state index in [1.54, 1.807) is 0 Å². The van der Waals surface area contributed by atoms with Gasteiger partial charge in [0.15, 0.2) is 0 Å². The number of hydrogen-bond donors (Lipinski definition) is 0. The summed E-state index contributed by atoms with van der Waals surface area (Å²) in [5.41, 5.74) is 16.1. The molecule has 0 aliphatic heterocycles. The minimum absolute atomic E-state index is 0. The van der Waals surface area contributed by atoms with Crippen molar-refractivity contribution in [3.05, 3.63) is 162 Å². The fraction of sp³-hybridized carbons (Fsp3) is 0.269. The Labute approximate surface area is 352 Å². The van der Waals surface area contributed by atoms with Gasteiger partial charge in [0.1, 0.15) is 0 Å². The number of imidazole rings is 1. The Kier molecular flexibility index (Phi) is 12.8. The summed E-state index contributed by atoms with van der Waals surface area (Å²) in [6.07, 6.45) is 7.36. The number of hydrogen-bond acceptors (Lipinski definition) is 3. The van der Waals surface area contributed by atoms with E-state index in [1.165, 1.54) is 38.9 Å². The average molecular weight is 928 g/mol. The quantitative estimate of drug-likeness (QED) is 0.143.